The zero-order valence-electron chi connectivity index (χ0n) is 19.9. The highest BCUT2D eigenvalue weighted by Gasteiger charge is 2.27. The van der Waals surface area contributed by atoms with E-state index in [1.54, 1.807) is 48.5 Å². The van der Waals surface area contributed by atoms with E-state index in [1.807, 2.05) is 11.8 Å². The van der Waals surface area contributed by atoms with Gasteiger partial charge in [0, 0.05) is 43.5 Å². The fraction of sp³-hybridized carbons (Fsp3) is 0.296. The van der Waals surface area contributed by atoms with E-state index in [-0.39, 0.29) is 23.4 Å². The molecule has 1 amide bonds. The number of hydrogen-bond donors (Lipinski definition) is 1. The summed E-state index contributed by atoms with van der Waals surface area (Å²) in [7, 11) is -3.59. The Labute approximate surface area is 202 Å². The van der Waals surface area contributed by atoms with Crippen molar-refractivity contribution in [3.05, 3.63) is 95.1 Å². The second-order valence-corrected chi connectivity index (χ2v) is 10.7. The fourth-order valence-electron chi connectivity index (χ4n) is 4.26. The monoisotopic (exact) mass is 477 g/mol. The number of carbonyl (C=O) groups excluding carboxylic acids is 1. The smallest absolute Gasteiger partial charge is 0.253 e. The lowest BCUT2D eigenvalue weighted by Gasteiger charge is -2.41. The van der Waals surface area contributed by atoms with Gasteiger partial charge < -0.3 is 9.80 Å². The van der Waals surface area contributed by atoms with Crippen molar-refractivity contribution in [3.8, 4) is 0 Å². The van der Waals surface area contributed by atoms with Gasteiger partial charge in [0.05, 0.1) is 4.90 Å². The first-order chi connectivity index (χ1) is 16.2. The molecule has 1 atom stereocenters. The second kappa shape index (κ2) is 9.99. The van der Waals surface area contributed by atoms with Crippen LogP contribution in [0.3, 0.4) is 0 Å². The van der Waals surface area contributed by atoms with Crippen molar-refractivity contribution < 1.29 is 13.2 Å². The molecule has 0 unspecified atom stereocenters. The molecule has 34 heavy (non-hydrogen) atoms. The zero-order chi connectivity index (χ0) is 24.3. The molecule has 3 aromatic carbocycles. The molecule has 0 aliphatic carbocycles. The number of anilines is 1. The predicted octanol–water partition coefficient (Wildman–Crippen LogP) is 4.13. The van der Waals surface area contributed by atoms with Crippen LogP contribution < -0.4 is 9.62 Å². The quantitative estimate of drug-likeness (QED) is 0.580. The Balaban J connectivity index is 1.35. The van der Waals surface area contributed by atoms with Crippen LogP contribution in [0.4, 0.5) is 5.69 Å². The molecular weight excluding hydrogens is 446 g/mol. The number of benzene rings is 3. The average Bonchev–Trinajstić information content (AvgIpc) is 2.83. The predicted molar refractivity (Wildman–Crippen MR) is 136 cm³/mol. The molecule has 0 aromatic heterocycles. The Morgan fingerprint density at radius 3 is 2.29 bits per heavy atom. The van der Waals surface area contributed by atoms with Crippen molar-refractivity contribution in [2.24, 2.45) is 0 Å². The lowest BCUT2D eigenvalue weighted by atomic mass is 10.1. The van der Waals surface area contributed by atoms with Crippen LogP contribution in [-0.2, 0) is 16.6 Å². The van der Waals surface area contributed by atoms with E-state index in [0.29, 0.717) is 18.7 Å². The summed E-state index contributed by atoms with van der Waals surface area (Å²) in [5.74, 6) is 0.00234. The van der Waals surface area contributed by atoms with Gasteiger partial charge in [-0.1, -0.05) is 42.0 Å². The molecule has 7 heteroatoms. The van der Waals surface area contributed by atoms with E-state index in [4.69, 9.17) is 0 Å². The van der Waals surface area contributed by atoms with Crippen molar-refractivity contribution in [3.63, 3.8) is 0 Å². The van der Waals surface area contributed by atoms with Gasteiger partial charge in [0.25, 0.3) is 5.91 Å². The third kappa shape index (κ3) is 5.48. The average molecular weight is 478 g/mol. The molecule has 1 aliphatic heterocycles. The number of piperazine rings is 1. The highest BCUT2D eigenvalue weighted by atomic mass is 32.2. The van der Waals surface area contributed by atoms with Gasteiger partial charge in [0.1, 0.15) is 0 Å². The Hall–Kier alpha value is -3.16. The van der Waals surface area contributed by atoms with Gasteiger partial charge in [0.15, 0.2) is 0 Å². The van der Waals surface area contributed by atoms with Crippen LogP contribution in [0, 0.1) is 13.8 Å². The number of nitrogens with zero attached hydrogens (tertiary/aromatic N) is 2. The Kier molecular flexibility index (Phi) is 7.05. The molecule has 1 saturated heterocycles. The summed E-state index contributed by atoms with van der Waals surface area (Å²) < 4.78 is 27.6. The maximum atomic E-state index is 13.1. The molecule has 0 saturated carbocycles. The van der Waals surface area contributed by atoms with Gasteiger partial charge in [-0.3, -0.25) is 4.79 Å². The highest BCUT2D eigenvalue weighted by Crippen LogP contribution is 2.22. The molecule has 1 fully saturated rings. The molecule has 3 aromatic rings. The van der Waals surface area contributed by atoms with Crippen molar-refractivity contribution in [2.75, 3.05) is 24.5 Å². The molecule has 4 rings (SSSR count). The maximum absolute atomic E-state index is 13.1. The number of nitrogens with one attached hydrogen (secondary N) is 1. The summed E-state index contributed by atoms with van der Waals surface area (Å²) in [4.78, 5) is 17.6. The second-order valence-electron chi connectivity index (χ2n) is 8.97. The van der Waals surface area contributed by atoms with E-state index in [9.17, 15) is 13.2 Å². The molecule has 178 valence electrons. The fourth-order valence-corrected chi connectivity index (χ4v) is 5.28. The number of rotatable bonds is 6. The summed E-state index contributed by atoms with van der Waals surface area (Å²) in [5.41, 5.74) is 4.83. The van der Waals surface area contributed by atoms with Crippen LogP contribution in [0.25, 0.3) is 0 Å². The van der Waals surface area contributed by atoms with Gasteiger partial charge in [-0.15, -0.1) is 0 Å². The first kappa shape index (κ1) is 24.0. The van der Waals surface area contributed by atoms with E-state index in [1.165, 1.54) is 11.3 Å². The summed E-state index contributed by atoms with van der Waals surface area (Å²) in [6, 6.07) is 22.6. The lowest BCUT2D eigenvalue weighted by molar-refractivity contribution is 0.0726. The zero-order valence-corrected chi connectivity index (χ0v) is 20.7. The summed E-state index contributed by atoms with van der Waals surface area (Å²) in [5, 5.41) is 0. The number of sulfonamides is 1. The molecule has 1 aliphatic rings. The first-order valence-electron chi connectivity index (χ1n) is 11.5. The SMILES string of the molecule is Cc1ccc(S(=O)(=O)NCc2ccc(C(=O)N3CCN(c4cccc(C)c4)[C@H](C)C3)cc2)cc1. The Morgan fingerprint density at radius 2 is 1.65 bits per heavy atom. The molecule has 0 spiro atoms. The standard InChI is InChI=1S/C27H31N3O3S/c1-20-7-13-26(14-8-20)34(32,33)28-18-23-9-11-24(12-10-23)27(31)29-15-16-30(22(3)19-29)25-6-4-5-21(2)17-25/h4-14,17,22,28H,15-16,18-19H2,1-3H3/t22-/m1/s1. The van der Waals surface area contributed by atoms with Gasteiger partial charge >= 0.3 is 0 Å². The summed E-state index contributed by atoms with van der Waals surface area (Å²) in [6.07, 6.45) is 0. The van der Waals surface area contributed by atoms with E-state index < -0.39 is 10.0 Å². The minimum absolute atomic E-state index is 0.00234. The number of amides is 1. The Bertz CT molecular complexity index is 1260. The molecule has 0 bridgehead atoms. The van der Waals surface area contributed by atoms with Gasteiger partial charge in [-0.05, 0) is 68.3 Å². The van der Waals surface area contributed by atoms with Gasteiger partial charge in [0.2, 0.25) is 10.0 Å². The van der Waals surface area contributed by atoms with Crippen LogP contribution in [0.5, 0.6) is 0 Å². The van der Waals surface area contributed by atoms with Crippen molar-refractivity contribution >= 4 is 21.6 Å². The van der Waals surface area contributed by atoms with Gasteiger partial charge in [-0.25, -0.2) is 13.1 Å². The molecular formula is C27H31N3O3S. The van der Waals surface area contributed by atoms with Crippen LogP contribution >= 0.6 is 0 Å². The number of hydrogen-bond acceptors (Lipinski definition) is 4. The summed E-state index contributed by atoms with van der Waals surface area (Å²) >= 11 is 0. The minimum Gasteiger partial charge on any atom is -0.365 e. The van der Waals surface area contributed by atoms with Crippen molar-refractivity contribution in [2.45, 2.75) is 38.3 Å². The van der Waals surface area contributed by atoms with Crippen LogP contribution in [0.1, 0.15) is 34.0 Å². The van der Waals surface area contributed by atoms with E-state index in [2.05, 4.69) is 47.7 Å². The van der Waals surface area contributed by atoms with Crippen LogP contribution in [0.2, 0.25) is 0 Å². The molecule has 0 radical (unpaired) electrons. The maximum Gasteiger partial charge on any atom is 0.253 e. The van der Waals surface area contributed by atoms with E-state index >= 15 is 0 Å². The largest absolute Gasteiger partial charge is 0.365 e. The van der Waals surface area contributed by atoms with Crippen molar-refractivity contribution in [1.29, 1.82) is 0 Å². The van der Waals surface area contributed by atoms with Crippen molar-refractivity contribution in [1.82, 2.24) is 9.62 Å². The molecule has 1 N–H and O–H groups in total. The third-order valence-corrected chi connectivity index (χ3v) is 7.66. The normalized spacial score (nSPS) is 16.5. The van der Waals surface area contributed by atoms with Gasteiger partial charge in [-0.2, -0.15) is 0 Å². The molecule has 1 heterocycles. The first-order valence-corrected chi connectivity index (χ1v) is 13.0. The Morgan fingerprint density at radius 1 is 0.941 bits per heavy atom. The number of aryl methyl sites for hydroxylation is 2. The summed E-state index contributed by atoms with van der Waals surface area (Å²) in [6.45, 7) is 8.42. The van der Waals surface area contributed by atoms with Crippen LogP contribution in [0.15, 0.2) is 77.7 Å². The minimum atomic E-state index is -3.59. The highest BCUT2D eigenvalue weighted by molar-refractivity contribution is 7.89. The lowest BCUT2D eigenvalue weighted by Crippen LogP contribution is -2.53. The van der Waals surface area contributed by atoms with E-state index in [0.717, 1.165) is 17.7 Å². The topological polar surface area (TPSA) is 69.7 Å². The third-order valence-electron chi connectivity index (χ3n) is 6.25. The van der Waals surface area contributed by atoms with Crippen LogP contribution in [-0.4, -0.2) is 44.9 Å². The molecule has 6 nitrogen and oxygen atoms in total. The number of carbonyl (C=O) groups is 1.